The van der Waals surface area contributed by atoms with Gasteiger partial charge in [0.1, 0.15) is 11.6 Å². The molecule has 2 aromatic carbocycles. The fourth-order valence-electron chi connectivity index (χ4n) is 2.26. The highest BCUT2D eigenvalue weighted by Crippen LogP contribution is 2.16. The van der Waals surface area contributed by atoms with Gasteiger partial charge in [0.05, 0.1) is 0 Å². The normalized spacial score (nSPS) is 10.1. The quantitative estimate of drug-likeness (QED) is 0.701. The van der Waals surface area contributed by atoms with E-state index < -0.39 is 0 Å². The van der Waals surface area contributed by atoms with Crippen molar-refractivity contribution in [2.75, 3.05) is 17.2 Å². The fourth-order valence-corrected chi connectivity index (χ4v) is 2.26. The summed E-state index contributed by atoms with van der Waals surface area (Å²) in [5.74, 6) is -0.639. The lowest BCUT2D eigenvalue weighted by Crippen LogP contribution is -2.20. The third-order valence-electron chi connectivity index (χ3n) is 3.53. The first-order valence-electron chi connectivity index (χ1n) is 8.10. The molecule has 0 aliphatic carbocycles. The Labute approximate surface area is 155 Å². The summed E-state index contributed by atoms with van der Waals surface area (Å²) in [4.78, 5) is 28.0. The molecule has 136 valence electrons. The number of hydrogen-bond acceptors (Lipinski definition) is 4. The van der Waals surface area contributed by atoms with Gasteiger partial charge in [-0.1, -0.05) is 6.07 Å². The average Bonchev–Trinajstić information content (AvgIpc) is 2.68. The number of amides is 2. The van der Waals surface area contributed by atoms with Gasteiger partial charge in [-0.2, -0.15) is 0 Å². The first kappa shape index (κ1) is 18.1. The maximum absolute atomic E-state index is 12.8. The van der Waals surface area contributed by atoms with Crippen molar-refractivity contribution < 1.29 is 18.7 Å². The Hall–Kier alpha value is -3.74. The van der Waals surface area contributed by atoms with Crippen molar-refractivity contribution >= 4 is 23.2 Å². The summed E-state index contributed by atoms with van der Waals surface area (Å²) in [6.45, 7) is -0.223. The van der Waals surface area contributed by atoms with Gasteiger partial charge in [0.25, 0.3) is 11.8 Å². The van der Waals surface area contributed by atoms with E-state index in [-0.39, 0.29) is 24.2 Å². The molecule has 3 aromatic rings. The Morgan fingerprint density at radius 2 is 1.59 bits per heavy atom. The monoisotopic (exact) mass is 365 g/mol. The van der Waals surface area contributed by atoms with Crippen LogP contribution < -0.4 is 15.4 Å². The number of ether oxygens (including phenoxy) is 1. The molecule has 0 bridgehead atoms. The summed E-state index contributed by atoms with van der Waals surface area (Å²) >= 11 is 0. The third kappa shape index (κ3) is 5.37. The van der Waals surface area contributed by atoms with Gasteiger partial charge >= 0.3 is 0 Å². The molecule has 1 heterocycles. The average molecular weight is 365 g/mol. The van der Waals surface area contributed by atoms with Crippen LogP contribution >= 0.6 is 0 Å². The van der Waals surface area contributed by atoms with Crippen LogP contribution in [-0.2, 0) is 4.79 Å². The Morgan fingerprint density at radius 3 is 2.30 bits per heavy atom. The van der Waals surface area contributed by atoms with Crippen molar-refractivity contribution in [1.82, 2.24) is 4.98 Å². The predicted octanol–water partition coefficient (Wildman–Crippen LogP) is 3.49. The standard InChI is InChI=1S/C20H16FN3O3/c21-15-4-6-18(7-5-15)27-13-19(25)23-16-2-1-3-17(12-16)24-20(26)14-8-10-22-11-9-14/h1-12H,13H2,(H,23,25)(H,24,26). The van der Waals surface area contributed by atoms with Crippen molar-refractivity contribution in [3.8, 4) is 5.75 Å². The van der Waals surface area contributed by atoms with Crippen LogP contribution in [0.1, 0.15) is 10.4 Å². The zero-order chi connectivity index (χ0) is 19.1. The molecule has 6 nitrogen and oxygen atoms in total. The molecule has 3 rings (SSSR count). The smallest absolute Gasteiger partial charge is 0.262 e. The Balaban J connectivity index is 1.56. The van der Waals surface area contributed by atoms with E-state index in [4.69, 9.17) is 4.74 Å². The van der Waals surface area contributed by atoms with Crippen LogP contribution in [0.3, 0.4) is 0 Å². The van der Waals surface area contributed by atoms with Gasteiger partial charge in [-0.15, -0.1) is 0 Å². The van der Waals surface area contributed by atoms with Crippen LogP contribution in [0.5, 0.6) is 5.75 Å². The second kappa shape index (κ2) is 8.57. The van der Waals surface area contributed by atoms with Crippen LogP contribution in [0.4, 0.5) is 15.8 Å². The van der Waals surface area contributed by atoms with Crippen molar-refractivity contribution in [2.45, 2.75) is 0 Å². The number of hydrogen-bond donors (Lipinski definition) is 2. The SMILES string of the molecule is O=C(COc1ccc(F)cc1)Nc1cccc(NC(=O)c2ccncc2)c1. The molecule has 2 amide bonds. The molecular weight excluding hydrogens is 349 g/mol. The molecule has 0 saturated carbocycles. The number of aromatic nitrogens is 1. The Bertz CT molecular complexity index is 931. The Morgan fingerprint density at radius 1 is 0.926 bits per heavy atom. The fraction of sp³-hybridized carbons (Fsp3) is 0.0500. The summed E-state index contributed by atoms with van der Waals surface area (Å²) in [6, 6.07) is 15.3. The van der Waals surface area contributed by atoms with E-state index in [0.717, 1.165) is 0 Å². The van der Waals surface area contributed by atoms with E-state index in [0.29, 0.717) is 22.7 Å². The van der Waals surface area contributed by atoms with Gasteiger partial charge in [0, 0.05) is 29.3 Å². The molecule has 0 spiro atoms. The predicted molar refractivity (Wildman–Crippen MR) is 99.2 cm³/mol. The zero-order valence-corrected chi connectivity index (χ0v) is 14.2. The van der Waals surface area contributed by atoms with Crippen LogP contribution in [-0.4, -0.2) is 23.4 Å². The van der Waals surface area contributed by atoms with Gasteiger partial charge < -0.3 is 15.4 Å². The van der Waals surface area contributed by atoms with Gasteiger partial charge in [0.15, 0.2) is 6.61 Å². The summed E-state index contributed by atoms with van der Waals surface area (Å²) in [5, 5.41) is 5.43. The van der Waals surface area contributed by atoms with Crippen molar-refractivity contribution in [3.05, 3.63) is 84.4 Å². The second-order valence-electron chi connectivity index (χ2n) is 5.56. The molecule has 0 aliphatic rings. The van der Waals surface area contributed by atoms with Crippen LogP contribution in [0, 0.1) is 5.82 Å². The number of carbonyl (C=O) groups is 2. The molecule has 27 heavy (non-hydrogen) atoms. The number of pyridine rings is 1. The number of benzene rings is 2. The van der Waals surface area contributed by atoms with E-state index in [2.05, 4.69) is 15.6 Å². The number of nitrogens with one attached hydrogen (secondary N) is 2. The highest BCUT2D eigenvalue weighted by atomic mass is 19.1. The van der Waals surface area contributed by atoms with E-state index in [1.165, 1.54) is 36.7 Å². The first-order valence-corrected chi connectivity index (χ1v) is 8.10. The number of carbonyl (C=O) groups excluding carboxylic acids is 2. The lowest BCUT2D eigenvalue weighted by atomic mass is 10.2. The summed E-state index contributed by atoms with van der Waals surface area (Å²) in [6.07, 6.45) is 3.07. The van der Waals surface area contributed by atoms with Crippen LogP contribution in [0.15, 0.2) is 73.1 Å². The van der Waals surface area contributed by atoms with Gasteiger partial charge in [-0.05, 0) is 54.6 Å². The van der Waals surface area contributed by atoms with Gasteiger partial charge in [0.2, 0.25) is 0 Å². The molecule has 2 N–H and O–H groups in total. The molecule has 0 atom stereocenters. The molecule has 0 fully saturated rings. The third-order valence-corrected chi connectivity index (χ3v) is 3.53. The van der Waals surface area contributed by atoms with Crippen molar-refractivity contribution in [2.24, 2.45) is 0 Å². The van der Waals surface area contributed by atoms with Crippen LogP contribution in [0.25, 0.3) is 0 Å². The topological polar surface area (TPSA) is 80.3 Å². The molecule has 0 aliphatic heterocycles. The molecular formula is C20H16FN3O3. The highest BCUT2D eigenvalue weighted by molar-refractivity contribution is 6.04. The Kier molecular flexibility index (Phi) is 5.73. The molecule has 1 aromatic heterocycles. The molecule has 0 radical (unpaired) electrons. The second-order valence-corrected chi connectivity index (χ2v) is 5.56. The number of halogens is 1. The van der Waals surface area contributed by atoms with Gasteiger partial charge in [-0.3, -0.25) is 14.6 Å². The summed E-state index contributed by atoms with van der Waals surface area (Å²) < 4.78 is 18.1. The minimum Gasteiger partial charge on any atom is -0.484 e. The first-order chi connectivity index (χ1) is 13.1. The maximum atomic E-state index is 12.8. The number of anilines is 2. The van der Waals surface area contributed by atoms with Gasteiger partial charge in [-0.25, -0.2) is 4.39 Å². The lowest BCUT2D eigenvalue weighted by Gasteiger charge is -2.10. The molecule has 0 saturated heterocycles. The summed E-state index contributed by atoms with van der Waals surface area (Å²) in [5.41, 5.74) is 1.52. The van der Waals surface area contributed by atoms with E-state index in [1.54, 1.807) is 36.4 Å². The van der Waals surface area contributed by atoms with E-state index in [1.807, 2.05) is 0 Å². The highest BCUT2D eigenvalue weighted by Gasteiger charge is 2.08. The van der Waals surface area contributed by atoms with E-state index in [9.17, 15) is 14.0 Å². The van der Waals surface area contributed by atoms with E-state index >= 15 is 0 Å². The minimum absolute atomic E-state index is 0.223. The minimum atomic E-state index is -0.378. The molecule has 7 heteroatoms. The summed E-state index contributed by atoms with van der Waals surface area (Å²) in [7, 11) is 0. The molecule has 0 unspecified atom stereocenters. The van der Waals surface area contributed by atoms with Crippen molar-refractivity contribution in [3.63, 3.8) is 0 Å². The lowest BCUT2D eigenvalue weighted by molar-refractivity contribution is -0.118. The number of nitrogens with zero attached hydrogens (tertiary/aromatic N) is 1. The largest absolute Gasteiger partial charge is 0.484 e. The zero-order valence-electron chi connectivity index (χ0n) is 14.2. The van der Waals surface area contributed by atoms with Crippen LogP contribution in [0.2, 0.25) is 0 Å². The maximum Gasteiger partial charge on any atom is 0.262 e. The van der Waals surface area contributed by atoms with Crippen molar-refractivity contribution in [1.29, 1.82) is 0 Å². The number of rotatable bonds is 6.